The molecule has 0 radical (unpaired) electrons. The maximum Gasteiger partial charge on any atom is 0.0239 e. The second-order valence-corrected chi connectivity index (χ2v) is 11.2. The molecule has 0 spiro atoms. The molecule has 56 valence electrons. The molecule has 3 unspecified atom stereocenters. The number of rotatable bonds is 3. The molecule has 3 atom stereocenters. The van der Waals surface area contributed by atoms with E-state index >= 15 is 0 Å². The summed E-state index contributed by atoms with van der Waals surface area (Å²) >= 11 is 0. The van der Waals surface area contributed by atoms with Gasteiger partial charge in [-0.1, -0.05) is 20.7 Å². The lowest BCUT2D eigenvalue weighted by Crippen LogP contribution is -2.03. The van der Waals surface area contributed by atoms with E-state index in [2.05, 4.69) is 22.8 Å². The molecule has 4 heteroatoms. The van der Waals surface area contributed by atoms with Crippen molar-refractivity contribution in [2.45, 2.75) is 26.0 Å². The Kier molecular flexibility index (Phi) is 5.96. The van der Waals surface area contributed by atoms with Crippen LogP contribution in [0.4, 0.5) is 0 Å². The van der Waals surface area contributed by atoms with E-state index in [1.807, 2.05) is 0 Å². The van der Waals surface area contributed by atoms with E-state index in [0.717, 1.165) is 19.0 Å². The highest BCUT2D eigenvalue weighted by Crippen LogP contribution is 2.39. The van der Waals surface area contributed by atoms with Gasteiger partial charge in [0, 0.05) is 1.37 Å². The topological polar surface area (TPSA) is 0 Å². The summed E-state index contributed by atoms with van der Waals surface area (Å²) in [5.74, 6) is 1.10. The Morgan fingerprint density at radius 3 is 2.89 bits per heavy atom. The van der Waals surface area contributed by atoms with Gasteiger partial charge >= 0.3 is 0 Å². The highest BCUT2D eigenvalue weighted by atomic mass is 32.7. The van der Waals surface area contributed by atoms with Crippen LogP contribution in [0.1, 0.15) is 22.1 Å². The number of hydrogen-bond acceptors (Lipinski definition) is 0. The van der Waals surface area contributed by atoms with E-state index in [1.54, 1.807) is 7.04 Å². The molecule has 0 N–H and O–H groups in total. The third-order valence-electron chi connectivity index (χ3n) is 0.923. The first-order chi connectivity index (χ1) is 4.72. The van der Waals surface area contributed by atoms with E-state index in [9.17, 15) is 0 Å². The molecule has 9 heavy (non-hydrogen) atoms. The van der Waals surface area contributed by atoms with Crippen LogP contribution < -0.4 is 0 Å². The van der Waals surface area contributed by atoms with E-state index in [-0.39, 0.29) is 0 Å². The Morgan fingerprint density at radius 2 is 2.56 bits per heavy atom. The van der Waals surface area contributed by atoms with E-state index in [4.69, 9.17) is 1.37 Å². The molecular weight excluding hydrogens is 185 g/mol. The SMILES string of the molecule is [2H]CCS(=PPP)C(C)C. The molecule has 0 aliphatic heterocycles. The molecule has 0 amide bonds. The minimum Gasteiger partial charge on any atom is -0.156 e. The van der Waals surface area contributed by atoms with Crippen molar-refractivity contribution in [2.24, 2.45) is 0 Å². The van der Waals surface area contributed by atoms with Crippen molar-refractivity contribution in [3.63, 3.8) is 0 Å². The zero-order chi connectivity index (χ0) is 7.98. The first kappa shape index (κ1) is 8.61. The Morgan fingerprint density at radius 1 is 1.89 bits per heavy atom. The smallest absolute Gasteiger partial charge is 0.0239 e. The van der Waals surface area contributed by atoms with Crippen molar-refractivity contribution < 1.29 is 1.37 Å². The lowest BCUT2D eigenvalue weighted by atomic mass is 10.6. The number of hydrogen-bond donors (Lipinski definition) is 0. The molecule has 0 aliphatic rings. The van der Waals surface area contributed by atoms with Crippen LogP contribution in [-0.2, 0) is 10.1 Å². The van der Waals surface area contributed by atoms with Gasteiger partial charge in [0.2, 0.25) is 0 Å². The summed E-state index contributed by atoms with van der Waals surface area (Å²) in [5, 5.41) is 0.778. The van der Waals surface area contributed by atoms with Crippen molar-refractivity contribution in [3.05, 3.63) is 0 Å². The summed E-state index contributed by atoms with van der Waals surface area (Å²) in [6.45, 7) is 5.12. The van der Waals surface area contributed by atoms with Crippen molar-refractivity contribution >= 4 is 34.0 Å². The fourth-order valence-electron chi connectivity index (χ4n) is 0.454. The predicted molar refractivity (Wildman–Crippen MR) is 58.0 cm³/mol. The lowest BCUT2D eigenvalue weighted by molar-refractivity contribution is 1.11. The van der Waals surface area contributed by atoms with Crippen LogP contribution in [0.25, 0.3) is 0 Å². The van der Waals surface area contributed by atoms with Crippen LogP contribution in [0, 0.1) is 0 Å². The molecule has 0 heterocycles. The molecule has 0 nitrogen and oxygen atoms in total. The van der Waals surface area contributed by atoms with Crippen LogP contribution in [0.5, 0.6) is 0 Å². The maximum absolute atomic E-state index is 7.10. The van der Waals surface area contributed by atoms with Crippen LogP contribution >= 0.6 is 23.9 Å². The molecule has 0 aliphatic carbocycles. The zero-order valence-electron chi connectivity index (χ0n) is 6.92. The average molecular weight is 201 g/mol. The molecule has 0 saturated carbocycles. The average Bonchev–Trinajstić information content (AvgIpc) is 1.87. The molecule has 0 aromatic carbocycles. The summed E-state index contributed by atoms with van der Waals surface area (Å²) in [7, 11) is 5.79. The monoisotopic (exact) mass is 201 g/mol. The van der Waals surface area contributed by atoms with E-state index in [1.165, 1.54) is 0 Å². The van der Waals surface area contributed by atoms with Gasteiger partial charge in [0.25, 0.3) is 0 Å². The van der Waals surface area contributed by atoms with Crippen molar-refractivity contribution in [1.29, 1.82) is 0 Å². The van der Waals surface area contributed by atoms with Gasteiger partial charge in [0.15, 0.2) is 0 Å². The summed E-state index contributed by atoms with van der Waals surface area (Å²) in [4.78, 5) is 0. The first-order valence-corrected chi connectivity index (χ1v) is 9.48. The summed E-state index contributed by atoms with van der Waals surface area (Å²) in [5.41, 5.74) is 0. The fraction of sp³-hybridized carbons (Fsp3) is 1.00. The predicted octanol–water partition coefficient (Wildman–Crippen LogP) is 3.28. The van der Waals surface area contributed by atoms with Crippen molar-refractivity contribution in [3.8, 4) is 0 Å². The maximum atomic E-state index is 7.10. The van der Waals surface area contributed by atoms with Gasteiger partial charge in [-0.3, -0.25) is 0 Å². The standard InChI is InChI=1S/C5H15P3S/c1-4-9(5(2)3)8-7-6/h5,7H,4,6H2,1-3H3/i1D. The fourth-order valence-corrected chi connectivity index (χ4v) is 10.3. The summed E-state index contributed by atoms with van der Waals surface area (Å²) in [6.07, 6.45) is 0. The highest BCUT2D eigenvalue weighted by molar-refractivity contribution is 8.54. The Balaban J connectivity index is 3.85. The molecule has 0 aromatic rings. The Bertz CT molecular complexity index is 115. The van der Waals surface area contributed by atoms with Gasteiger partial charge in [-0.25, -0.2) is 0 Å². The van der Waals surface area contributed by atoms with Crippen LogP contribution in [-0.4, -0.2) is 11.0 Å². The lowest BCUT2D eigenvalue weighted by Gasteiger charge is -2.08. The molecule has 0 bridgehead atoms. The van der Waals surface area contributed by atoms with E-state index in [0.29, 0.717) is 17.0 Å². The molecule has 0 fully saturated rings. The minimum absolute atomic E-state index is 0.500. The molecule has 0 rings (SSSR count). The Hall–Kier alpha value is 1.51. The van der Waals surface area contributed by atoms with Gasteiger partial charge in [-0.2, -0.15) is 10.1 Å². The van der Waals surface area contributed by atoms with Gasteiger partial charge < -0.3 is 0 Å². The van der Waals surface area contributed by atoms with Gasteiger partial charge in [0.05, 0.1) is 0 Å². The van der Waals surface area contributed by atoms with Gasteiger partial charge in [-0.15, -0.1) is 8.93 Å². The van der Waals surface area contributed by atoms with Gasteiger partial charge in [0.1, 0.15) is 0 Å². The third-order valence-corrected chi connectivity index (χ3v) is 11.5. The summed E-state index contributed by atoms with van der Waals surface area (Å²) in [6, 6.07) is 0. The van der Waals surface area contributed by atoms with Crippen molar-refractivity contribution in [2.75, 3.05) is 5.75 Å². The third kappa shape index (κ3) is 4.86. The van der Waals surface area contributed by atoms with E-state index < -0.39 is 0 Å². The Labute approximate surface area is 67.5 Å². The van der Waals surface area contributed by atoms with Crippen LogP contribution in [0.15, 0.2) is 0 Å². The normalized spacial score (nSPS) is 17.6. The molecule has 0 aromatic heterocycles. The largest absolute Gasteiger partial charge is 0.156 e. The van der Waals surface area contributed by atoms with Crippen molar-refractivity contribution in [1.82, 2.24) is 0 Å². The molecular formula is C5H15P3S. The first-order valence-electron chi connectivity index (χ1n) is 3.58. The van der Waals surface area contributed by atoms with Gasteiger partial charge in [-0.05, 0) is 26.0 Å². The minimum atomic E-state index is 0.500. The van der Waals surface area contributed by atoms with Crippen LogP contribution in [0.2, 0.25) is 0 Å². The quantitative estimate of drug-likeness (QED) is 0.614. The highest BCUT2D eigenvalue weighted by Gasteiger charge is 1.95. The van der Waals surface area contributed by atoms with Crippen LogP contribution in [0.3, 0.4) is 0 Å². The second-order valence-electron chi connectivity index (χ2n) is 1.87. The zero-order valence-corrected chi connectivity index (χ0v) is 9.79. The summed E-state index contributed by atoms with van der Waals surface area (Å²) < 4.78 is 7.10. The second kappa shape index (κ2) is 6.23. The molecule has 0 saturated heterocycles.